The van der Waals surface area contributed by atoms with Gasteiger partial charge in [0.25, 0.3) is 6.43 Å². The lowest BCUT2D eigenvalue weighted by atomic mass is 10.0. The molecule has 0 saturated heterocycles. The zero-order chi connectivity index (χ0) is 7.44. The summed E-state index contributed by atoms with van der Waals surface area (Å²) in [5.41, 5.74) is -0.447. The van der Waals surface area contributed by atoms with Gasteiger partial charge in [0.15, 0.2) is 0 Å². The minimum absolute atomic E-state index is 0.273. The molecule has 0 rings (SSSR count). The van der Waals surface area contributed by atoms with Gasteiger partial charge in [0, 0.05) is 0 Å². The molecule has 1 unspecified atom stereocenters. The summed E-state index contributed by atoms with van der Waals surface area (Å²) in [6.07, 6.45) is -1.96. The van der Waals surface area contributed by atoms with Crippen LogP contribution in [0.3, 0.4) is 0 Å². The van der Waals surface area contributed by atoms with Crippen LogP contribution in [0.1, 0.15) is 20.3 Å². The fourth-order valence-electron chi connectivity index (χ4n) is 0.435. The zero-order valence-electron chi connectivity index (χ0n) is 5.62. The molecule has 0 spiro atoms. The average Bonchev–Trinajstić information content (AvgIpc) is 1.84. The molecule has 0 heterocycles. The fraction of sp³-hybridized carbons (Fsp3) is 0.833. The molecule has 54 valence electrons. The first-order valence-electron chi connectivity index (χ1n) is 2.96. The fourth-order valence-corrected chi connectivity index (χ4v) is 0.435. The molecule has 0 aliphatic rings. The van der Waals surface area contributed by atoms with Gasteiger partial charge in [0.2, 0.25) is 0 Å². The molecule has 9 heavy (non-hydrogen) atoms. The van der Waals surface area contributed by atoms with Crippen LogP contribution in [0.25, 0.3) is 0 Å². The summed E-state index contributed by atoms with van der Waals surface area (Å²) in [7, 11) is 0. The third-order valence-electron chi connectivity index (χ3n) is 1.38. The van der Waals surface area contributed by atoms with Gasteiger partial charge >= 0.3 is 0 Å². The van der Waals surface area contributed by atoms with E-state index < -0.39 is 12.1 Å². The second kappa shape index (κ2) is 3.54. The standard InChI is InChI=1S/C6H11F2N/c1-3-4(2)5(9)6(7)8/h4,6,9H,3H2,1-2H3. The van der Waals surface area contributed by atoms with Gasteiger partial charge in [-0.2, -0.15) is 0 Å². The van der Waals surface area contributed by atoms with Crippen molar-refractivity contribution in [3.8, 4) is 0 Å². The van der Waals surface area contributed by atoms with E-state index in [2.05, 4.69) is 0 Å². The van der Waals surface area contributed by atoms with E-state index in [0.717, 1.165) is 0 Å². The van der Waals surface area contributed by atoms with Gasteiger partial charge in [0.1, 0.15) is 0 Å². The second-order valence-electron chi connectivity index (χ2n) is 2.07. The first kappa shape index (κ1) is 8.53. The van der Waals surface area contributed by atoms with Crippen LogP contribution < -0.4 is 0 Å². The molecule has 0 bridgehead atoms. The Morgan fingerprint density at radius 2 is 2.00 bits per heavy atom. The Balaban J connectivity index is 3.73. The third kappa shape index (κ3) is 2.54. The van der Waals surface area contributed by atoms with E-state index >= 15 is 0 Å². The number of halogens is 2. The largest absolute Gasteiger partial charge is 0.303 e. The zero-order valence-corrected chi connectivity index (χ0v) is 5.62. The lowest BCUT2D eigenvalue weighted by molar-refractivity contribution is 0.217. The predicted molar refractivity (Wildman–Crippen MR) is 33.2 cm³/mol. The van der Waals surface area contributed by atoms with Crippen molar-refractivity contribution in [3.05, 3.63) is 0 Å². The van der Waals surface area contributed by atoms with Gasteiger partial charge in [-0.05, 0) is 12.3 Å². The minimum atomic E-state index is -2.57. The first-order chi connectivity index (χ1) is 4.09. The second-order valence-corrected chi connectivity index (χ2v) is 2.07. The molecule has 1 N–H and O–H groups in total. The summed E-state index contributed by atoms with van der Waals surface area (Å²) in [5.74, 6) is -0.273. The molecule has 0 aromatic rings. The molecule has 0 aromatic carbocycles. The maximum absolute atomic E-state index is 11.6. The van der Waals surface area contributed by atoms with Crippen molar-refractivity contribution in [2.24, 2.45) is 5.92 Å². The van der Waals surface area contributed by atoms with E-state index in [1.54, 1.807) is 13.8 Å². The SMILES string of the molecule is CCC(C)C(=N)C(F)F. The molecule has 0 fully saturated rings. The van der Waals surface area contributed by atoms with Crippen molar-refractivity contribution in [2.45, 2.75) is 26.7 Å². The Bertz CT molecular complexity index is 101. The Morgan fingerprint density at radius 3 is 2.11 bits per heavy atom. The number of alkyl halides is 2. The summed E-state index contributed by atoms with van der Waals surface area (Å²) < 4.78 is 23.3. The van der Waals surface area contributed by atoms with Crippen LogP contribution in [0.5, 0.6) is 0 Å². The molecule has 0 radical (unpaired) electrons. The highest BCUT2D eigenvalue weighted by Gasteiger charge is 2.15. The van der Waals surface area contributed by atoms with Crippen molar-refractivity contribution in [1.82, 2.24) is 0 Å². The van der Waals surface area contributed by atoms with Gasteiger partial charge in [-0.15, -0.1) is 0 Å². The Hall–Kier alpha value is -0.470. The third-order valence-corrected chi connectivity index (χ3v) is 1.38. The predicted octanol–water partition coefficient (Wildman–Crippen LogP) is 2.32. The van der Waals surface area contributed by atoms with Crippen molar-refractivity contribution in [3.63, 3.8) is 0 Å². The van der Waals surface area contributed by atoms with Crippen LogP contribution in [0.2, 0.25) is 0 Å². The van der Waals surface area contributed by atoms with E-state index in [4.69, 9.17) is 5.41 Å². The Kier molecular flexibility index (Phi) is 3.35. The quantitative estimate of drug-likeness (QED) is 0.574. The van der Waals surface area contributed by atoms with E-state index in [1.165, 1.54) is 0 Å². The van der Waals surface area contributed by atoms with Crippen LogP contribution in [0.15, 0.2) is 0 Å². The van der Waals surface area contributed by atoms with Crippen LogP contribution >= 0.6 is 0 Å². The number of nitrogens with one attached hydrogen (secondary N) is 1. The molecular formula is C6H11F2N. The molecule has 1 atom stereocenters. The molecule has 1 nitrogen and oxygen atoms in total. The first-order valence-corrected chi connectivity index (χ1v) is 2.96. The maximum Gasteiger partial charge on any atom is 0.276 e. The summed E-state index contributed by atoms with van der Waals surface area (Å²) in [6, 6.07) is 0. The molecular weight excluding hydrogens is 124 g/mol. The van der Waals surface area contributed by atoms with Crippen LogP contribution in [0.4, 0.5) is 8.78 Å². The Morgan fingerprint density at radius 1 is 1.56 bits per heavy atom. The monoisotopic (exact) mass is 135 g/mol. The number of rotatable bonds is 3. The summed E-state index contributed by atoms with van der Waals surface area (Å²) in [5, 5.41) is 6.80. The smallest absolute Gasteiger partial charge is 0.276 e. The highest BCUT2D eigenvalue weighted by atomic mass is 19.3. The van der Waals surface area contributed by atoms with Crippen molar-refractivity contribution < 1.29 is 8.78 Å². The van der Waals surface area contributed by atoms with Crippen molar-refractivity contribution in [2.75, 3.05) is 0 Å². The van der Waals surface area contributed by atoms with Gasteiger partial charge < -0.3 is 5.41 Å². The van der Waals surface area contributed by atoms with E-state index in [0.29, 0.717) is 6.42 Å². The van der Waals surface area contributed by atoms with Crippen molar-refractivity contribution >= 4 is 5.71 Å². The van der Waals surface area contributed by atoms with Gasteiger partial charge in [-0.1, -0.05) is 13.8 Å². The molecule has 0 aliphatic heterocycles. The van der Waals surface area contributed by atoms with Crippen LogP contribution in [-0.2, 0) is 0 Å². The molecule has 0 amide bonds. The number of hydrogen-bond acceptors (Lipinski definition) is 1. The van der Waals surface area contributed by atoms with Crippen LogP contribution in [0, 0.1) is 11.3 Å². The molecule has 3 heteroatoms. The maximum atomic E-state index is 11.6. The average molecular weight is 135 g/mol. The Labute approximate surface area is 53.6 Å². The summed E-state index contributed by atoms with van der Waals surface area (Å²) in [4.78, 5) is 0. The highest BCUT2D eigenvalue weighted by molar-refractivity contribution is 5.86. The lowest BCUT2D eigenvalue weighted by Crippen LogP contribution is -2.17. The minimum Gasteiger partial charge on any atom is -0.303 e. The number of hydrogen-bond donors (Lipinski definition) is 1. The molecule has 0 aliphatic carbocycles. The van der Waals surface area contributed by atoms with E-state index in [-0.39, 0.29) is 5.92 Å². The van der Waals surface area contributed by atoms with Gasteiger partial charge in [0.05, 0.1) is 5.71 Å². The topological polar surface area (TPSA) is 23.9 Å². The highest BCUT2D eigenvalue weighted by Crippen LogP contribution is 2.08. The van der Waals surface area contributed by atoms with Gasteiger partial charge in [-0.25, -0.2) is 8.78 Å². The van der Waals surface area contributed by atoms with E-state index in [1.807, 2.05) is 0 Å². The normalized spacial score (nSPS) is 13.9. The molecule has 0 saturated carbocycles. The molecule has 0 aromatic heterocycles. The van der Waals surface area contributed by atoms with Crippen molar-refractivity contribution in [1.29, 1.82) is 5.41 Å². The van der Waals surface area contributed by atoms with Gasteiger partial charge in [-0.3, -0.25) is 0 Å². The summed E-state index contributed by atoms with van der Waals surface area (Å²) >= 11 is 0. The lowest BCUT2D eigenvalue weighted by Gasteiger charge is -2.07. The van der Waals surface area contributed by atoms with E-state index in [9.17, 15) is 8.78 Å². The summed E-state index contributed by atoms with van der Waals surface area (Å²) in [6.45, 7) is 3.43. The van der Waals surface area contributed by atoms with Crippen LogP contribution in [-0.4, -0.2) is 12.1 Å².